The lowest BCUT2D eigenvalue weighted by molar-refractivity contribution is 0.284. The van der Waals surface area contributed by atoms with Gasteiger partial charge in [-0.2, -0.15) is 0 Å². The predicted molar refractivity (Wildman–Crippen MR) is 39.9 cm³/mol. The van der Waals surface area contributed by atoms with Crippen molar-refractivity contribution in [1.29, 1.82) is 0 Å². The molecule has 0 saturated carbocycles. The van der Waals surface area contributed by atoms with Crippen molar-refractivity contribution in [2.45, 2.75) is 26.1 Å². The molecule has 0 unspecified atom stereocenters. The highest BCUT2D eigenvalue weighted by Crippen LogP contribution is 2.02. The monoisotopic (exact) mass is 150 g/mol. The molecule has 0 aliphatic carbocycles. The van der Waals surface area contributed by atoms with Gasteiger partial charge in [0.2, 0.25) is 0 Å². The van der Waals surface area contributed by atoms with E-state index in [0.717, 1.165) is 0 Å². The standard InChI is InChI=1S/C6H15FOSi/c1-9(2,3)8-6-4-5-7/h4-6H2,1-3H3. The molecule has 0 N–H and O–H groups in total. The summed E-state index contributed by atoms with van der Waals surface area (Å²) in [5.74, 6) is 0. The molecule has 0 rings (SSSR count). The lowest BCUT2D eigenvalue weighted by Crippen LogP contribution is -2.25. The Labute approximate surface area is 57.3 Å². The van der Waals surface area contributed by atoms with Crippen LogP contribution < -0.4 is 0 Å². The largest absolute Gasteiger partial charge is 0.418 e. The molecule has 3 heteroatoms. The highest BCUT2D eigenvalue weighted by Gasteiger charge is 2.12. The Morgan fingerprint density at radius 3 is 2.22 bits per heavy atom. The van der Waals surface area contributed by atoms with Gasteiger partial charge < -0.3 is 4.43 Å². The number of halogens is 1. The highest BCUT2D eigenvalue weighted by molar-refractivity contribution is 6.69. The smallest absolute Gasteiger partial charge is 0.183 e. The molecule has 0 saturated heterocycles. The normalized spacial score (nSPS) is 12.0. The van der Waals surface area contributed by atoms with E-state index in [-0.39, 0.29) is 6.67 Å². The van der Waals surface area contributed by atoms with E-state index in [2.05, 4.69) is 19.6 Å². The van der Waals surface area contributed by atoms with E-state index in [1.165, 1.54) is 0 Å². The van der Waals surface area contributed by atoms with Crippen LogP contribution in [0.4, 0.5) is 4.39 Å². The van der Waals surface area contributed by atoms with E-state index in [1.807, 2.05) is 0 Å². The van der Waals surface area contributed by atoms with Gasteiger partial charge in [-0.05, 0) is 26.1 Å². The summed E-state index contributed by atoms with van der Waals surface area (Å²) in [7, 11) is -1.36. The Kier molecular flexibility index (Phi) is 4.06. The molecule has 0 fully saturated rings. The first-order chi connectivity index (χ1) is 4.06. The van der Waals surface area contributed by atoms with Gasteiger partial charge in [0, 0.05) is 6.61 Å². The third-order valence-electron chi connectivity index (χ3n) is 0.813. The number of hydrogen-bond donors (Lipinski definition) is 0. The van der Waals surface area contributed by atoms with Gasteiger partial charge in [0.25, 0.3) is 0 Å². The Balaban J connectivity index is 3.07. The first kappa shape index (κ1) is 9.11. The summed E-state index contributed by atoms with van der Waals surface area (Å²) in [4.78, 5) is 0. The Hall–Kier alpha value is 0.107. The Bertz CT molecular complexity index is 69.9. The second-order valence-electron chi connectivity index (χ2n) is 3.00. The summed E-state index contributed by atoms with van der Waals surface area (Å²) in [5.41, 5.74) is 0. The van der Waals surface area contributed by atoms with Crippen molar-refractivity contribution in [3.05, 3.63) is 0 Å². The fourth-order valence-electron chi connectivity index (χ4n) is 0.433. The minimum Gasteiger partial charge on any atom is -0.418 e. The summed E-state index contributed by atoms with van der Waals surface area (Å²) in [6.45, 7) is 6.64. The third kappa shape index (κ3) is 8.11. The average Bonchev–Trinajstić information content (AvgIpc) is 1.63. The van der Waals surface area contributed by atoms with Crippen molar-refractivity contribution in [3.63, 3.8) is 0 Å². The highest BCUT2D eigenvalue weighted by atomic mass is 28.4. The first-order valence-electron chi connectivity index (χ1n) is 3.26. The zero-order valence-corrected chi connectivity index (χ0v) is 7.41. The molecule has 0 spiro atoms. The van der Waals surface area contributed by atoms with Crippen LogP contribution >= 0.6 is 0 Å². The molecule has 0 heterocycles. The molecule has 0 amide bonds. The number of rotatable bonds is 4. The lowest BCUT2D eigenvalue weighted by Gasteiger charge is -2.15. The first-order valence-corrected chi connectivity index (χ1v) is 6.67. The average molecular weight is 150 g/mol. The minimum absolute atomic E-state index is 0.259. The second-order valence-corrected chi connectivity index (χ2v) is 7.52. The maximum absolute atomic E-state index is 11.5. The van der Waals surface area contributed by atoms with Crippen LogP contribution in [0.5, 0.6) is 0 Å². The van der Waals surface area contributed by atoms with Gasteiger partial charge in [-0.15, -0.1) is 0 Å². The predicted octanol–water partition coefficient (Wildman–Crippen LogP) is 2.20. The lowest BCUT2D eigenvalue weighted by atomic mass is 10.5. The summed E-state index contributed by atoms with van der Waals surface area (Å²) < 4.78 is 16.9. The van der Waals surface area contributed by atoms with Gasteiger partial charge in [0.05, 0.1) is 6.67 Å². The quantitative estimate of drug-likeness (QED) is 0.441. The van der Waals surface area contributed by atoms with E-state index in [4.69, 9.17) is 4.43 Å². The molecule has 0 atom stereocenters. The molecule has 56 valence electrons. The molecule has 0 bridgehead atoms. The van der Waals surface area contributed by atoms with Gasteiger partial charge in [-0.3, -0.25) is 4.39 Å². The number of hydrogen-bond acceptors (Lipinski definition) is 1. The van der Waals surface area contributed by atoms with Crippen LogP contribution in [0.25, 0.3) is 0 Å². The maximum Gasteiger partial charge on any atom is 0.183 e. The molecule has 0 aliphatic heterocycles. The van der Waals surface area contributed by atoms with Crippen LogP contribution in [0.15, 0.2) is 0 Å². The van der Waals surface area contributed by atoms with Crippen molar-refractivity contribution >= 4 is 8.32 Å². The second kappa shape index (κ2) is 4.01. The van der Waals surface area contributed by atoms with E-state index in [9.17, 15) is 4.39 Å². The molecule has 0 aromatic carbocycles. The SMILES string of the molecule is C[Si](C)(C)OCCCF. The van der Waals surface area contributed by atoms with E-state index in [1.54, 1.807) is 0 Å². The van der Waals surface area contributed by atoms with Crippen molar-refractivity contribution in [1.82, 2.24) is 0 Å². The minimum atomic E-state index is -1.36. The molecule has 0 aliphatic rings. The molecule has 0 aromatic rings. The zero-order valence-electron chi connectivity index (χ0n) is 6.41. The molecule has 0 radical (unpaired) electrons. The zero-order chi connectivity index (χ0) is 7.33. The number of alkyl halides is 1. The van der Waals surface area contributed by atoms with Crippen molar-refractivity contribution in [3.8, 4) is 0 Å². The Morgan fingerprint density at radius 1 is 1.33 bits per heavy atom. The fraction of sp³-hybridized carbons (Fsp3) is 1.00. The van der Waals surface area contributed by atoms with Gasteiger partial charge in [-0.25, -0.2) is 0 Å². The van der Waals surface area contributed by atoms with Crippen LogP contribution in [0, 0.1) is 0 Å². The Morgan fingerprint density at radius 2 is 1.89 bits per heavy atom. The third-order valence-corrected chi connectivity index (χ3v) is 1.88. The maximum atomic E-state index is 11.5. The molecule has 9 heavy (non-hydrogen) atoms. The summed E-state index contributed by atoms with van der Waals surface area (Å²) in [5, 5.41) is 0. The summed E-state index contributed by atoms with van der Waals surface area (Å²) >= 11 is 0. The summed E-state index contributed by atoms with van der Waals surface area (Å²) in [6.07, 6.45) is 0.546. The van der Waals surface area contributed by atoms with Crippen LogP contribution in [-0.2, 0) is 4.43 Å². The van der Waals surface area contributed by atoms with Gasteiger partial charge in [0.1, 0.15) is 0 Å². The van der Waals surface area contributed by atoms with Crippen molar-refractivity contribution < 1.29 is 8.82 Å². The van der Waals surface area contributed by atoms with E-state index < -0.39 is 8.32 Å². The van der Waals surface area contributed by atoms with Gasteiger partial charge in [-0.1, -0.05) is 0 Å². The van der Waals surface area contributed by atoms with Crippen molar-refractivity contribution in [2.24, 2.45) is 0 Å². The van der Waals surface area contributed by atoms with Gasteiger partial charge in [0.15, 0.2) is 8.32 Å². The van der Waals surface area contributed by atoms with Crippen molar-refractivity contribution in [2.75, 3.05) is 13.3 Å². The molecule has 1 nitrogen and oxygen atoms in total. The van der Waals surface area contributed by atoms with Crippen LogP contribution in [0.1, 0.15) is 6.42 Å². The molecule has 0 aromatic heterocycles. The molecular formula is C6H15FOSi. The summed E-state index contributed by atoms with van der Waals surface area (Å²) in [6, 6.07) is 0. The van der Waals surface area contributed by atoms with Gasteiger partial charge >= 0.3 is 0 Å². The van der Waals surface area contributed by atoms with E-state index >= 15 is 0 Å². The van der Waals surface area contributed by atoms with Crippen LogP contribution in [0.3, 0.4) is 0 Å². The van der Waals surface area contributed by atoms with Crippen LogP contribution in [0.2, 0.25) is 19.6 Å². The molecular weight excluding hydrogens is 135 g/mol. The topological polar surface area (TPSA) is 9.23 Å². The van der Waals surface area contributed by atoms with E-state index in [0.29, 0.717) is 13.0 Å². The van der Waals surface area contributed by atoms with Crippen LogP contribution in [-0.4, -0.2) is 21.6 Å². The fourth-order valence-corrected chi connectivity index (χ4v) is 1.19.